The highest BCUT2D eigenvalue weighted by Gasteiger charge is 2.11. The van der Waals surface area contributed by atoms with Crippen LogP contribution in [0.1, 0.15) is 5.56 Å². The Labute approximate surface area is 187 Å². The Morgan fingerprint density at radius 1 is 1.00 bits per heavy atom. The number of hydrogen-bond donors (Lipinski definition) is 2. The number of benzene rings is 2. The van der Waals surface area contributed by atoms with Gasteiger partial charge in [0.2, 0.25) is 5.95 Å². The summed E-state index contributed by atoms with van der Waals surface area (Å²) in [6, 6.07) is 15.5. The summed E-state index contributed by atoms with van der Waals surface area (Å²) in [5.41, 5.74) is 4.96. The SMILES string of the molecule is Cc1cc(Nc2ncc3nc(-c4ccccc4)c(=O)[nH]c3n2)ccc1N(C)CCN(C)C. The molecular formula is C24H27N7O. The molecule has 2 heterocycles. The van der Waals surface area contributed by atoms with Crippen LogP contribution in [-0.4, -0.2) is 59.1 Å². The number of aromatic amines is 1. The number of nitrogens with zero attached hydrogens (tertiary/aromatic N) is 5. The number of H-pyrrole nitrogens is 1. The van der Waals surface area contributed by atoms with Gasteiger partial charge in [-0.15, -0.1) is 0 Å². The van der Waals surface area contributed by atoms with Gasteiger partial charge in [-0.3, -0.25) is 4.79 Å². The third kappa shape index (κ3) is 4.76. The fraction of sp³-hybridized carbons (Fsp3) is 0.250. The molecule has 2 aromatic carbocycles. The molecule has 0 fully saturated rings. The number of aromatic nitrogens is 4. The molecule has 0 atom stereocenters. The predicted molar refractivity (Wildman–Crippen MR) is 130 cm³/mol. The van der Waals surface area contributed by atoms with Gasteiger partial charge < -0.3 is 20.1 Å². The smallest absolute Gasteiger partial charge is 0.276 e. The van der Waals surface area contributed by atoms with E-state index in [0.29, 0.717) is 22.8 Å². The second-order valence-corrected chi connectivity index (χ2v) is 8.06. The molecule has 0 amide bonds. The molecule has 0 radical (unpaired) electrons. The Kier molecular flexibility index (Phi) is 6.13. The maximum atomic E-state index is 12.5. The zero-order chi connectivity index (χ0) is 22.7. The van der Waals surface area contributed by atoms with Crippen LogP contribution in [0.15, 0.2) is 59.5 Å². The van der Waals surface area contributed by atoms with Crippen molar-refractivity contribution in [3.05, 3.63) is 70.6 Å². The number of anilines is 3. The van der Waals surface area contributed by atoms with Crippen LogP contribution in [0, 0.1) is 6.92 Å². The summed E-state index contributed by atoms with van der Waals surface area (Å²) >= 11 is 0. The van der Waals surface area contributed by atoms with Crippen LogP contribution in [0.25, 0.3) is 22.4 Å². The van der Waals surface area contributed by atoms with Gasteiger partial charge in [0.1, 0.15) is 11.2 Å². The van der Waals surface area contributed by atoms with Crippen molar-refractivity contribution in [3.63, 3.8) is 0 Å². The Morgan fingerprint density at radius 3 is 2.50 bits per heavy atom. The Hall–Kier alpha value is -3.78. The molecule has 0 saturated carbocycles. The van der Waals surface area contributed by atoms with Crippen molar-refractivity contribution < 1.29 is 0 Å². The average molecular weight is 430 g/mol. The van der Waals surface area contributed by atoms with Gasteiger partial charge in [-0.05, 0) is 44.8 Å². The molecule has 0 bridgehead atoms. The Bertz CT molecular complexity index is 1280. The summed E-state index contributed by atoms with van der Waals surface area (Å²) in [5, 5.41) is 3.22. The quantitative estimate of drug-likeness (QED) is 0.465. The van der Waals surface area contributed by atoms with Gasteiger partial charge in [-0.2, -0.15) is 4.98 Å². The number of hydrogen-bond acceptors (Lipinski definition) is 7. The minimum Gasteiger partial charge on any atom is -0.373 e. The van der Waals surface area contributed by atoms with E-state index in [-0.39, 0.29) is 5.56 Å². The lowest BCUT2D eigenvalue weighted by Crippen LogP contribution is -2.28. The molecule has 8 heteroatoms. The largest absolute Gasteiger partial charge is 0.373 e. The van der Waals surface area contributed by atoms with Crippen LogP contribution in [0.2, 0.25) is 0 Å². The van der Waals surface area contributed by atoms with Crippen molar-refractivity contribution in [2.75, 3.05) is 44.4 Å². The topological polar surface area (TPSA) is 90.0 Å². The van der Waals surface area contributed by atoms with Crippen LogP contribution < -0.4 is 15.8 Å². The molecule has 2 N–H and O–H groups in total. The lowest BCUT2D eigenvalue weighted by atomic mass is 10.1. The van der Waals surface area contributed by atoms with Crippen molar-refractivity contribution in [1.82, 2.24) is 24.8 Å². The van der Waals surface area contributed by atoms with Crippen LogP contribution in [0.5, 0.6) is 0 Å². The Morgan fingerprint density at radius 2 is 1.78 bits per heavy atom. The molecule has 0 saturated heterocycles. The highest BCUT2D eigenvalue weighted by atomic mass is 16.1. The monoisotopic (exact) mass is 429 g/mol. The molecule has 0 aliphatic heterocycles. The number of aryl methyl sites for hydroxylation is 1. The standard InChI is InChI=1S/C24H27N7O/c1-16-14-18(10-11-20(16)31(4)13-12-30(2)3)26-24-25-15-19-22(29-24)28-23(32)21(27-19)17-8-6-5-7-9-17/h5-11,14-15H,12-13H2,1-4H3,(H2,25,26,28,29,32). The predicted octanol–water partition coefficient (Wildman–Crippen LogP) is 3.43. The second kappa shape index (κ2) is 9.15. The lowest BCUT2D eigenvalue weighted by Gasteiger charge is -2.23. The summed E-state index contributed by atoms with van der Waals surface area (Å²) in [5.74, 6) is 0.399. The van der Waals surface area contributed by atoms with Crippen molar-refractivity contribution >= 4 is 28.5 Å². The van der Waals surface area contributed by atoms with E-state index < -0.39 is 0 Å². The molecule has 32 heavy (non-hydrogen) atoms. The molecule has 4 aromatic rings. The normalized spacial score (nSPS) is 11.2. The van der Waals surface area contributed by atoms with Gasteiger partial charge in [0.25, 0.3) is 5.56 Å². The summed E-state index contributed by atoms with van der Waals surface area (Å²) in [4.78, 5) is 33.1. The lowest BCUT2D eigenvalue weighted by molar-refractivity contribution is 0.416. The van der Waals surface area contributed by atoms with E-state index in [1.807, 2.05) is 36.4 Å². The van der Waals surface area contributed by atoms with Crippen molar-refractivity contribution in [3.8, 4) is 11.3 Å². The molecule has 0 spiro atoms. The number of fused-ring (bicyclic) bond motifs is 1. The van der Waals surface area contributed by atoms with Crippen molar-refractivity contribution in [2.24, 2.45) is 0 Å². The third-order valence-electron chi connectivity index (χ3n) is 5.24. The first-order valence-electron chi connectivity index (χ1n) is 10.5. The number of likely N-dealkylation sites (N-methyl/N-ethyl adjacent to an activating group) is 2. The maximum absolute atomic E-state index is 12.5. The van der Waals surface area contributed by atoms with Crippen LogP contribution >= 0.6 is 0 Å². The van der Waals surface area contributed by atoms with Crippen LogP contribution in [-0.2, 0) is 0 Å². The summed E-state index contributed by atoms with van der Waals surface area (Å²) in [7, 11) is 6.24. The summed E-state index contributed by atoms with van der Waals surface area (Å²) in [6.45, 7) is 4.01. The van der Waals surface area contributed by atoms with E-state index in [4.69, 9.17) is 0 Å². The zero-order valence-corrected chi connectivity index (χ0v) is 18.8. The zero-order valence-electron chi connectivity index (χ0n) is 18.8. The molecule has 164 valence electrons. The van der Waals surface area contributed by atoms with E-state index in [1.54, 1.807) is 6.20 Å². The third-order valence-corrected chi connectivity index (χ3v) is 5.24. The van der Waals surface area contributed by atoms with Gasteiger partial charge in [-0.1, -0.05) is 30.3 Å². The first-order chi connectivity index (χ1) is 15.4. The van der Waals surface area contributed by atoms with Crippen molar-refractivity contribution in [2.45, 2.75) is 6.92 Å². The molecule has 0 unspecified atom stereocenters. The maximum Gasteiger partial charge on any atom is 0.276 e. The van der Waals surface area contributed by atoms with Gasteiger partial charge >= 0.3 is 0 Å². The van der Waals surface area contributed by atoms with Gasteiger partial charge in [0.05, 0.1) is 6.20 Å². The molecule has 4 rings (SSSR count). The number of rotatable bonds is 7. The molecule has 2 aromatic heterocycles. The van der Waals surface area contributed by atoms with Crippen molar-refractivity contribution in [1.29, 1.82) is 0 Å². The van der Waals surface area contributed by atoms with E-state index in [9.17, 15) is 4.79 Å². The minimum atomic E-state index is -0.283. The summed E-state index contributed by atoms with van der Waals surface area (Å²) in [6.07, 6.45) is 1.61. The van der Waals surface area contributed by atoms with Crippen LogP contribution in [0.3, 0.4) is 0 Å². The van der Waals surface area contributed by atoms with E-state index in [2.05, 4.69) is 75.3 Å². The second-order valence-electron chi connectivity index (χ2n) is 8.06. The molecule has 0 aliphatic carbocycles. The Balaban J connectivity index is 1.56. The van der Waals surface area contributed by atoms with Gasteiger partial charge in [0.15, 0.2) is 5.65 Å². The van der Waals surface area contributed by atoms with Gasteiger partial charge in [0, 0.05) is 37.1 Å². The molecule has 8 nitrogen and oxygen atoms in total. The molecule has 0 aliphatic rings. The van der Waals surface area contributed by atoms with Gasteiger partial charge in [-0.25, -0.2) is 9.97 Å². The van der Waals surface area contributed by atoms with E-state index in [1.165, 1.54) is 5.69 Å². The first-order valence-corrected chi connectivity index (χ1v) is 10.5. The van der Waals surface area contributed by atoms with Crippen LogP contribution in [0.4, 0.5) is 17.3 Å². The fourth-order valence-corrected chi connectivity index (χ4v) is 3.50. The highest BCUT2D eigenvalue weighted by Crippen LogP contribution is 2.24. The first kappa shape index (κ1) is 21.5. The average Bonchev–Trinajstić information content (AvgIpc) is 2.77. The minimum absolute atomic E-state index is 0.283. The number of nitrogens with one attached hydrogen (secondary N) is 2. The van der Waals surface area contributed by atoms with E-state index in [0.717, 1.165) is 29.9 Å². The van der Waals surface area contributed by atoms with E-state index >= 15 is 0 Å². The summed E-state index contributed by atoms with van der Waals surface area (Å²) < 4.78 is 0. The molecular weight excluding hydrogens is 402 g/mol. The highest BCUT2D eigenvalue weighted by molar-refractivity contribution is 5.74. The fourth-order valence-electron chi connectivity index (χ4n) is 3.50.